The normalized spacial score (nSPS) is 10.8. The van der Waals surface area contributed by atoms with Crippen LogP contribution in [0.5, 0.6) is 0 Å². The van der Waals surface area contributed by atoms with Crippen molar-refractivity contribution in [3.8, 4) is 39.8 Å². The Morgan fingerprint density at radius 3 is 1.84 bits per heavy atom. The topological polar surface area (TPSA) is 49.6 Å². The highest BCUT2D eigenvalue weighted by atomic mass is 14.8. The standard InChI is InChI=1S/C29H27N3/c1-6-23-15-22(16-30)7-8-26(23)27-17-31-28(24-11-18(2)9-19(3)12-24)29(32-27)25-13-20(4)10-21(5)14-25/h7-15,17H,6H2,1-5H3. The molecular formula is C29H27N3. The molecular weight excluding hydrogens is 390 g/mol. The quantitative estimate of drug-likeness (QED) is 0.354. The summed E-state index contributed by atoms with van der Waals surface area (Å²) < 4.78 is 0. The van der Waals surface area contributed by atoms with Gasteiger partial charge in [-0.05, 0) is 76.1 Å². The zero-order valence-corrected chi connectivity index (χ0v) is 19.3. The highest BCUT2D eigenvalue weighted by Crippen LogP contribution is 2.34. The van der Waals surface area contributed by atoms with Gasteiger partial charge >= 0.3 is 0 Å². The summed E-state index contributed by atoms with van der Waals surface area (Å²) in [6.45, 7) is 10.5. The summed E-state index contributed by atoms with van der Waals surface area (Å²) in [6, 6.07) is 21.1. The number of aryl methyl sites for hydroxylation is 5. The minimum Gasteiger partial charge on any atom is -0.252 e. The molecule has 0 spiro atoms. The van der Waals surface area contributed by atoms with Crippen molar-refractivity contribution in [3.63, 3.8) is 0 Å². The zero-order chi connectivity index (χ0) is 22.8. The fraction of sp³-hybridized carbons (Fsp3) is 0.207. The molecule has 158 valence electrons. The van der Waals surface area contributed by atoms with Crippen LogP contribution in [0.3, 0.4) is 0 Å². The fourth-order valence-electron chi connectivity index (χ4n) is 4.36. The zero-order valence-electron chi connectivity index (χ0n) is 19.3. The average Bonchev–Trinajstić information content (AvgIpc) is 2.77. The molecule has 0 aliphatic heterocycles. The summed E-state index contributed by atoms with van der Waals surface area (Å²) in [7, 11) is 0. The summed E-state index contributed by atoms with van der Waals surface area (Å²) in [6.07, 6.45) is 2.68. The van der Waals surface area contributed by atoms with Gasteiger partial charge in [0.1, 0.15) is 0 Å². The minimum absolute atomic E-state index is 0.667. The molecule has 0 bridgehead atoms. The molecule has 3 heteroatoms. The number of nitrogens with zero attached hydrogens (tertiary/aromatic N) is 3. The molecule has 0 amide bonds. The molecule has 0 aliphatic carbocycles. The summed E-state index contributed by atoms with van der Waals surface area (Å²) in [5.74, 6) is 0. The van der Waals surface area contributed by atoms with Crippen LogP contribution in [0.4, 0.5) is 0 Å². The van der Waals surface area contributed by atoms with Gasteiger partial charge in [-0.2, -0.15) is 5.26 Å². The Kier molecular flexibility index (Phi) is 5.88. The second-order valence-electron chi connectivity index (χ2n) is 8.54. The maximum atomic E-state index is 9.29. The van der Waals surface area contributed by atoms with E-state index in [2.05, 4.69) is 77.1 Å². The first-order chi connectivity index (χ1) is 15.4. The third-order valence-corrected chi connectivity index (χ3v) is 5.65. The molecule has 3 nitrogen and oxygen atoms in total. The van der Waals surface area contributed by atoms with Gasteiger partial charge in [-0.25, -0.2) is 4.98 Å². The first-order valence-corrected chi connectivity index (χ1v) is 11.0. The first kappa shape index (κ1) is 21.5. The lowest BCUT2D eigenvalue weighted by molar-refractivity contribution is 1.12. The SMILES string of the molecule is CCc1cc(C#N)ccc1-c1cnc(-c2cc(C)cc(C)c2)c(-c2cc(C)cc(C)c2)n1. The maximum absolute atomic E-state index is 9.29. The number of hydrogen-bond acceptors (Lipinski definition) is 3. The van der Waals surface area contributed by atoms with Crippen molar-refractivity contribution >= 4 is 0 Å². The van der Waals surface area contributed by atoms with Crippen molar-refractivity contribution in [2.24, 2.45) is 0 Å². The van der Waals surface area contributed by atoms with E-state index in [1.165, 1.54) is 22.3 Å². The molecule has 0 saturated heterocycles. The van der Waals surface area contributed by atoms with E-state index in [1.54, 1.807) is 0 Å². The van der Waals surface area contributed by atoms with Crippen molar-refractivity contribution in [1.29, 1.82) is 5.26 Å². The van der Waals surface area contributed by atoms with Gasteiger partial charge in [-0.15, -0.1) is 0 Å². The van der Waals surface area contributed by atoms with Gasteiger partial charge in [-0.3, -0.25) is 4.98 Å². The summed E-state index contributed by atoms with van der Waals surface area (Å²) >= 11 is 0. The predicted molar refractivity (Wildman–Crippen MR) is 131 cm³/mol. The van der Waals surface area contributed by atoms with Gasteiger partial charge in [0.25, 0.3) is 0 Å². The second-order valence-corrected chi connectivity index (χ2v) is 8.54. The van der Waals surface area contributed by atoms with Crippen molar-refractivity contribution in [2.45, 2.75) is 41.0 Å². The van der Waals surface area contributed by atoms with Crippen LogP contribution in [0, 0.1) is 39.0 Å². The molecule has 1 aromatic heterocycles. The molecule has 32 heavy (non-hydrogen) atoms. The van der Waals surface area contributed by atoms with Crippen molar-refractivity contribution in [3.05, 3.63) is 94.2 Å². The van der Waals surface area contributed by atoms with E-state index in [1.807, 2.05) is 24.4 Å². The molecule has 0 radical (unpaired) electrons. The molecule has 0 aliphatic rings. The largest absolute Gasteiger partial charge is 0.252 e. The van der Waals surface area contributed by atoms with Gasteiger partial charge < -0.3 is 0 Å². The molecule has 0 N–H and O–H groups in total. The summed E-state index contributed by atoms with van der Waals surface area (Å²) in [5.41, 5.74) is 12.3. The Bertz CT molecular complexity index is 1320. The van der Waals surface area contributed by atoms with E-state index in [-0.39, 0.29) is 0 Å². The molecule has 1 heterocycles. The molecule has 0 saturated carbocycles. The lowest BCUT2D eigenvalue weighted by atomic mass is 9.96. The van der Waals surface area contributed by atoms with Crippen LogP contribution in [-0.2, 0) is 6.42 Å². The molecule has 0 atom stereocenters. The van der Waals surface area contributed by atoms with Crippen LogP contribution in [0.1, 0.15) is 40.3 Å². The number of aromatic nitrogens is 2. The fourth-order valence-corrected chi connectivity index (χ4v) is 4.36. The highest BCUT2D eigenvalue weighted by molar-refractivity contribution is 5.81. The predicted octanol–water partition coefficient (Wildman–Crippen LogP) is 7.15. The van der Waals surface area contributed by atoms with Crippen LogP contribution < -0.4 is 0 Å². The minimum atomic E-state index is 0.667. The highest BCUT2D eigenvalue weighted by Gasteiger charge is 2.16. The lowest BCUT2D eigenvalue weighted by Crippen LogP contribution is -1.99. The van der Waals surface area contributed by atoms with Crippen LogP contribution in [0.25, 0.3) is 33.8 Å². The van der Waals surface area contributed by atoms with Crippen molar-refractivity contribution in [1.82, 2.24) is 9.97 Å². The Hall–Kier alpha value is -3.77. The van der Waals surface area contributed by atoms with Crippen LogP contribution in [0.15, 0.2) is 60.8 Å². The number of rotatable bonds is 4. The van der Waals surface area contributed by atoms with E-state index in [4.69, 9.17) is 9.97 Å². The Labute approximate surface area is 190 Å². The third kappa shape index (κ3) is 4.31. The molecule has 4 rings (SSSR count). The van der Waals surface area contributed by atoms with Crippen molar-refractivity contribution in [2.75, 3.05) is 0 Å². The average molecular weight is 418 g/mol. The van der Waals surface area contributed by atoms with Gasteiger partial charge in [0.15, 0.2) is 0 Å². The van der Waals surface area contributed by atoms with E-state index < -0.39 is 0 Å². The maximum Gasteiger partial charge on any atom is 0.0991 e. The van der Waals surface area contributed by atoms with Crippen LogP contribution >= 0.6 is 0 Å². The van der Waals surface area contributed by atoms with Gasteiger partial charge in [0, 0.05) is 16.7 Å². The van der Waals surface area contributed by atoms with Crippen LogP contribution in [-0.4, -0.2) is 9.97 Å². The second kappa shape index (κ2) is 8.77. The third-order valence-electron chi connectivity index (χ3n) is 5.65. The molecule has 0 unspecified atom stereocenters. The van der Waals surface area contributed by atoms with E-state index in [0.717, 1.165) is 45.8 Å². The smallest absolute Gasteiger partial charge is 0.0991 e. The van der Waals surface area contributed by atoms with E-state index in [9.17, 15) is 5.26 Å². The van der Waals surface area contributed by atoms with Crippen molar-refractivity contribution < 1.29 is 0 Å². The van der Waals surface area contributed by atoms with E-state index >= 15 is 0 Å². The molecule has 3 aromatic carbocycles. The Morgan fingerprint density at radius 1 is 0.750 bits per heavy atom. The summed E-state index contributed by atoms with van der Waals surface area (Å²) in [5, 5.41) is 9.29. The van der Waals surface area contributed by atoms with Gasteiger partial charge in [-0.1, -0.05) is 47.4 Å². The monoisotopic (exact) mass is 417 g/mol. The molecule has 4 aromatic rings. The molecule has 0 fully saturated rings. The Balaban J connectivity index is 1.98. The van der Waals surface area contributed by atoms with E-state index in [0.29, 0.717) is 5.56 Å². The van der Waals surface area contributed by atoms with Gasteiger partial charge in [0.2, 0.25) is 0 Å². The van der Waals surface area contributed by atoms with Gasteiger partial charge in [0.05, 0.1) is 34.9 Å². The number of nitriles is 1. The first-order valence-electron chi connectivity index (χ1n) is 11.0. The number of hydrogen-bond donors (Lipinski definition) is 0. The van der Waals surface area contributed by atoms with Crippen LogP contribution in [0.2, 0.25) is 0 Å². The lowest BCUT2D eigenvalue weighted by Gasteiger charge is -2.15. The number of benzene rings is 3. The Morgan fingerprint density at radius 2 is 1.31 bits per heavy atom. The summed E-state index contributed by atoms with van der Waals surface area (Å²) in [4.78, 5) is 10.1.